The van der Waals surface area contributed by atoms with Crippen LogP contribution in [0.2, 0.25) is 0 Å². The van der Waals surface area contributed by atoms with Crippen LogP contribution in [0, 0.1) is 0 Å². The maximum absolute atomic E-state index is 13.0. The molecule has 0 bridgehead atoms. The molecule has 4 atom stereocenters. The highest BCUT2D eigenvalue weighted by molar-refractivity contribution is 5.88. The van der Waals surface area contributed by atoms with Crippen LogP contribution >= 0.6 is 0 Å². The molecule has 0 saturated heterocycles. The topological polar surface area (TPSA) is 247 Å². The van der Waals surface area contributed by atoms with Crippen molar-refractivity contribution in [1.82, 2.24) is 0 Å². The number of benzene rings is 3. The normalized spacial score (nSPS) is 20.2. The molecule has 0 unspecified atom stereocenters. The van der Waals surface area contributed by atoms with Gasteiger partial charge in [-0.1, -0.05) is 18.2 Å². The molecule has 1 aliphatic rings. The first-order valence-corrected chi connectivity index (χ1v) is 15.3. The Morgan fingerprint density at radius 1 is 0.760 bits per heavy atom. The number of phenols is 5. The van der Waals surface area contributed by atoms with Gasteiger partial charge in [0.2, 0.25) is 5.60 Å². The summed E-state index contributed by atoms with van der Waals surface area (Å²) in [4.78, 5) is 51.4. The molecule has 15 heteroatoms. The fourth-order valence-electron chi connectivity index (χ4n) is 5.36. The van der Waals surface area contributed by atoms with Gasteiger partial charge in [0.1, 0.15) is 6.10 Å². The number of aliphatic hydroxyl groups is 1. The molecule has 0 radical (unpaired) electrons. The highest BCUT2D eigenvalue weighted by atomic mass is 16.6. The molecule has 4 rings (SSSR count). The predicted octanol–water partition coefficient (Wildman–Crippen LogP) is 2.85. The molecule has 3 aromatic rings. The number of carbonyl (C=O) groups excluding carboxylic acids is 3. The Labute approximate surface area is 285 Å². The second-order valence-corrected chi connectivity index (χ2v) is 11.6. The minimum Gasteiger partial charge on any atom is -0.504 e. The number of aryl methyl sites for hydroxylation is 2. The van der Waals surface area contributed by atoms with Gasteiger partial charge in [0.15, 0.2) is 40.6 Å². The van der Waals surface area contributed by atoms with E-state index in [-0.39, 0.29) is 48.7 Å². The van der Waals surface area contributed by atoms with E-state index in [1.165, 1.54) is 67.8 Å². The lowest BCUT2D eigenvalue weighted by Crippen LogP contribution is -2.60. The van der Waals surface area contributed by atoms with E-state index >= 15 is 0 Å². The van der Waals surface area contributed by atoms with Crippen LogP contribution in [-0.2, 0) is 46.2 Å². The number of hydrogen-bond donors (Lipinski definition) is 7. The first-order chi connectivity index (χ1) is 23.7. The lowest BCUT2D eigenvalue weighted by Gasteiger charge is -2.42. The van der Waals surface area contributed by atoms with Crippen molar-refractivity contribution < 1.29 is 73.9 Å². The number of aromatic hydroxyl groups is 5. The first-order valence-electron chi connectivity index (χ1n) is 15.3. The van der Waals surface area contributed by atoms with Gasteiger partial charge in [0.25, 0.3) is 0 Å². The Kier molecular flexibility index (Phi) is 11.8. The van der Waals surface area contributed by atoms with E-state index in [0.29, 0.717) is 16.7 Å². The van der Waals surface area contributed by atoms with Crippen molar-refractivity contribution >= 4 is 30.0 Å². The standard InChI is InChI=1S/C35H36O15/c1-47-28-16-21(4-10-24(28)38)6-11-30(42)48-29-18-35(34(45)46,50-32(44)13-7-20-3-9-23(37)26(40)15-20)17-27(41)33(29)49-31(43)12-5-19-2-8-22(36)25(39)14-19/h2-4,6,8-11,14-16,27,29,33,36-41H,5,7,12-13,17-18H2,1H3,(H,45,46)/b11-6+/t27-,29-,33+,35-/m1/s1. The first kappa shape index (κ1) is 36.9. The van der Waals surface area contributed by atoms with Crippen LogP contribution in [0.15, 0.2) is 60.7 Å². The van der Waals surface area contributed by atoms with Crippen molar-refractivity contribution in [2.75, 3.05) is 7.11 Å². The third-order valence-corrected chi connectivity index (χ3v) is 7.98. The number of rotatable bonds is 13. The molecule has 15 nitrogen and oxygen atoms in total. The number of aliphatic carboxylic acids is 1. The number of phenolic OH excluding ortho intramolecular Hbond substituents is 5. The monoisotopic (exact) mass is 696 g/mol. The summed E-state index contributed by atoms with van der Waals surface area (Å²) in [7, 11) is 1.33. The Hall–Kier alpha value is -5.96. The minimum atomic E-state index is -2.40. The average molecular weight is 697 g/mol. The summed E-state index contributed by atoms with van der Waals surface area (Å²) in [5.74, 6) is -6.11. The van der Waals surface area contributed by atoms with Crippen molar-refractivity contribution in [2.45, 2.75) is 62.4 Å². The van der Waals surface area contributed by atoms with Crippen LogP contribution in [-0.4, -0.2) is 90.6 Å². The number of hydrogen-bond acceptors (Lipinski definition) is 14. The van der Waals surface area contributed by atoms with E-state index < -0.39 is 72.1 Å². The fourth-order valence-corrected chi connectivity index (χ4v) is 5.36. The summed E-state index contributed by atoms with van der Waals surface area (Å²) in [6, 6.07) is 12.1. The van der Waals surface area contributed by atoms with Crippen molar-refractivity contribution in [2.24, 2.45) is 0 Å². The summed E-state index contributed by atoms with van der Waals surface area (Å²) in [5, 5.41) is 69.6. The molecule has 0 aliphatic heterocycles. The SMILES string of the molecule is COc1cc(/C=C/C(=O)O[C@@H]2C[C@@](OC(=O)CCc3ccc(O)c(O)c3)(C(=O)O)C[C@@H](O)[C@@H]2OC(=O)CCc2ccc(O)c(O)c2)ccc1O. The molecule has 1 fully saturated rings. The Morgan fingerprint density at radius 3 is 1.90 bits per heavy atom. The summed E-state index contributed by atoms with van der Waals surface area (Å²) in [6.45, 7) is 0. The van der Waals surface area contributed by atoms with E-state index in [1.54, 1.807) is 0 Å². The molecule has 50 heavy (non-hydrogen) atoms. The van der Waals surface area contributed by atoms with Gasteiger partial charge in [-0.2, -0.15) is 0 Å². The van der Waals surface area contributed by atoms with Crippen LogP contribution in [0.5, 0.6) is 34.5 Å². The van der Waals surface area contributed by atoms with Gasteiger partial charge >= 0.3 is 23.9 Å². The van der Waals surface area contributed by atoms with Crippen molar-refractivity contribution in [3.05, 3.63) is 77.4 Å². The molecule has 7 N–H and O–H groups in total. The lowest BCUT2D eigenvalue weighted by atomic mass is 9.79. The van der Waals surface area contributed by atoms with Gasteiger partial charge in [-0.15, -0.1) is 0 Å². The third kappa shape index (κ3) is 9.35. The molecule has 266 valence electrons. The summed E-state index contributed by atoms with van der Waals surface area (Å²) < 4.78 is 21.4. The summed E-state index contributed by atoms with van der Waals surface area (Å²) in [6.07, 6.45) is -4.72. The van der Waals surface area contributed by atoms with Crippen molar-refractivity contribution in [3.63, 3.8) is 0 Å². The highest BCUT2D eigenvalue weighted by Gasteiger charge is 2.56. The minimum absolute atomic E-state index is 0.00474. The third-order valence-electron chi connectivity index (χ3n) is 7.98. The predicted molar refractivity (Wildman–Crippen MR) is 171 cm³/mol. The zero-order valence-corrected chi connectivity index (χ0v) is 26.7. The number of carboxylic acids is 1. The van der Waals surface area contributed by atoms with E-state index in [4.69, 9.17) is 18.9 Å². The zero-order chi connectivity index (χ0) is 36.6. The number of aliphatic hydroxyl groups excluding tert-OH is 1. The number of methoxy groups -OCH3 is 1. The van der Waals surface area contributed by atoms with Crippen LogP contribution in [0.25, 0.3) is 6.08 Å². The number of esters is 3. The Bertz CT molecular complexity index is 1770. The number of ether oxygens (including phenoxy) is 4. The molecular formula is C35H36O15. The Balaban J connectivity index is 1.52. The van der Waals surface area contributed by atoms with E-state index in [2.05, 4.69) is 0 Å². The molecule has 0 heterocycles. The molecule has 0 aromatic heterocycles. The second kappa shape index (κ2) is 16.0. The largest absolute Gasteiger partial charge is 0.504 e. The summed E-state index contributed by atoms with van der Waals surface area (Å²) >= 11 is 0. The molecular weight excluding hydrogens is 660 g/mol. The average Bonchev–Trinajstić information content (AvgIpc) is 3.07. The van der Waals surface area contributed by atoms with Gasteiger partial charge in [0, 0.05) is 31.8 Å². The smallest absolute Gasteiger partial charge is 0.348 e. The van der Waals surface area contributed by atoms with Crippen molar-refractivity contribution in [3.8, 4) is 34.5 Å². The Morgan fingerprint density at radius 2 is 1.34 bits per heavy atom. The quantitative estimate of drug-likeness (QED) is 0.0588. The molecule has 0 amide bonds. The van der Waals surface area contributed by atoms with Gasteiger partial charge < -0.3 is 54.7 Å². The van der Waals surface area contributed by atoms with Gasteiger partial charge in [0.05, 0.1) is 13.2 Å². The summed E-state index contributed by atoms with van der Waals surface area (Å²) in [5.41, 5.74) is -1.08. The van der Waals surface area contributed by atoms with Gasteiger partial charge in [-0.05, 0) is 72.0 Å². The zero-order valence-electron chi connectivity index (χ0n) is 26.7. The van der Waals surface area contributed by atoms with Gasteiger partial charge in [-0.25, -0.2) is 9.59 Å². The van der Waals surface area contributed by atoms with Crippen LogP contribution < -0.4 is 4.74 Å². The van der Waals surface area contributed by atoms with E-state index in [9.17, 15) is 54.9 Å². The molecule has 3 aromatic carbocycles. The van der Waals surface area contributed by atoms with Crippen molar-refractivity contribution in [1.29, 1.82) is 0 Å². The fraction of sp³-hybridized carbons (Fsp3) is 0.314. The molecule has 1 saturated carbocycles. The highest BCUT2D eigenvalue weighted by Crippen LogP contribution is 2.37. The maximum Gasteiger partial charge on any atom is 0.348 e. The maximum atomic E-state index is 13.0. The van der Waals surface area contributed by atoms with Gasteiger partial charge in [-0.3, -0.25) is 9.59 Å². The van der Waals surface area contributed by atoms with Crippen LogP contribution in [0.4, 0.5) is 0 Å². The van der Waals surface area contributed by atoms with Crippen LogP contribution in [0.3, 0.4) is 0 Å². The number of carbonyl (C=O) groups is 4. The van der Waals surface area contributed by atoms with E-state index in [0.717, 1.165) is 6.08 Å². The molecule has 1 aliphatic carbocycles. The molecule has 0 spiro atoms. The van der Waals surface area contributed by atoms with E-state index in [1.807, 2.05) is 0 Å². The van der Waals surface area contributed by atoms with Crippen LogP contribution in [0.1, 0.15) is 42.4 Å². The second-order valence-electron chi connectivity index (χ2n) is 11.6. The lowest BCUT2D eigenvalue weighted by molar-refractivity contribution is -0.216. The number of carboxylic acid groups (broad SMARTS) is 1.